The van der Waals surface area contributed by atoms with E-state index in [-0.39, 0.29) is 11.5 Å². The number of carbonyl (C=O) groups is 1. The Kier molecular flexibility index (Phi) is 6.65. The Balaban J connectivity index is 1.53. The maximum absolute atomic E-state index is 12.7. The van der Waals surface area contributed by atoms with Crippen LogP contribution in [0.25, 0.3) is 0 Å². The van der Waals surface area contributed by atoms with Crippen LogP contribution in [0.1, 0.15) is 36.4 Å². The SMILES string of the molecule is COc1ccc(C(=O)CSc2nnc(N3C[C@H](C)C[C@@H](C)C3)n2Cc2ccco2)cc1. The molecule has 0 spiro atoms. The molecule has 1 saturated heterocycles. The molecule has 2 aromatic heterocycles. The fourth-order valence-corrected chi connectivity index (χ4v) is 4.96. The number of ether oxygens (including phenoxy) is 1. The number of methoxy groups -OCH3 is 1. The molecule has 0 radical (unpaired) electrons. The number of carbonyl (C=O) groups excluding carboxylic acids is 1. The third-order valence-corrected chi connectivity index (χ3v) is 6.45. The highest BCUT2D eigenvalue weighted by molar-refractivity contribution is 7.99. The minimum atomic E-state index is 0.0435. The Hall–Kier alpha value is -2.74. The van der Waals surface area contributed by atoms with Crippen LogP contribution in [0.3, 0.4) is 0 Å². The molecule has 1 aliphatic heterocycles. The maximum Gasteiger partial charge on any atom is 0.228 e. The van der Waals surface area contributed by atoms with Crippen LogP contribution in [0.5, 0.6) is 5.75 Å². The van der Waals surface area contributed by atoms with Gasteiger partial charge in [0.1, 0.15) is 11.5 Å². The third-order valence-electron chi connectivity index (χ3n) is 5.49. The molecule has 1 aliphatic rings. The van der Waals surface area contributed by atoms with Gasteiger partial charge in [0.2, 0.25) is 5.95 Å². The van der Waals surface area contributed by atoms with E-state index < -0.39 is 0 Å². The number of hydrogen-bond donors (Lipinski definition) is 0. The standard InChI is InChI=1S/C23H28N4O3S/c1-16-11-17(2)13-26(12-16)22-24-25-23(27(22)14-20-5-4-10-30-20)31-15-21(28)18-6-8-19(29-3)9-7-18/h4-10,16-17H,11-15H2,1-3H3/t16-,17-/m1/s1. The van der Waals surface area contributed by atoms with Crippen molar-refractivity contribution in [3.05, 3.63) is 54.0 Å². The summed E-state index contributed by atoms with van der Waals surface area (Å²) in [7, 11) is 1.61. The Morgan fingerprint density at radius 2 is 1.90 bits per heavy atom. The molecule has 3 aromatic rings. The molecule has 0 amide bonds. The van der Waals surface area contributed by atoms with E-state index in [1.807, 2.05) is 12.1 Å². The monoisotopic (exact) mass is 440 g/mol. The van der Waals surface area contributed by atoms with Crippen molar-refractivity contribution >= 4 is 23.5 Å². The fraction of sp³-hybridized carbons (Fsp3) is 0.435. The first-order chi connectivity index (χ1) is 15.0. The summed E-state index contributed by atoms with van der Waals surface area (Å²) >= 11 is 1.41. The quantitative estimate of drug-likeness (QED) is 0.380. The van der Waals surface area contributed by atoms with Gasteiger partial charge in [-0.05, 0) is 54.7 Å². The molecule has 0 bridgehead atoms. The number of piperidine rings is 1. The van der Waals surface area contributed by atoms with Crippen LogP contribution in [-0.2, 0) is 6.54 Å². The van der Waals surface area contributed by atoms with Gasteiger partial charge in [-0.1, -0.05) is 25.6 Å². The van der Waals surface area contributed by atoms with E-state index in [0.717, 1.165) is 35.7 Å². The number of aromatic nitrogens is 3. The average molecular weight is 441 g/mol. The molecule has 2 atom stereocenters. The number of rotatable bonds is 8. The van der Waals surface area contributed by atoms with Gasteiger partial charge in [-0.25, -0.2) is 0 Å². The zero-order chi connectivity index (χ0) is 21.8. The lowest BCUT2D eigenvalue weighted by atomic mass is 9.92. The molecular weight excluding hydrogens is 412 g/mol. The number of anilines is 1. The molecule has 8 heteroatoms. The zero-order valence-electron chi connectivity index (χ0n) is 18.2. The number of furan rings is 1. The van der Waals surface area contributed by atoms with E-state index in [0.29, 0.717) is 23.9 Å². The van der Waals surface area contributed by atoms with Crippen molar-refractivity contribution in [2.24, 2.45) is 11.8 Å². The van der Waals surface area contributed by atoms with Gasteiger partial charge in [-0.3, -0.25) is 9.36 Å². The number of thioether (sulfide) groups is 1. The number of hydrogen-bond acceptors (Lipinski definition) is 7. The van der Waals surface area contributed by atoms with Crippen molar-refractivity contribution in [1.82, 2.24) is 14.8 Å². The molecule has 0 N–H and O–H groups in total. The van der Waals surface area contributed by atoms with Crippen molar-refractivity contribution in [1.29, 1.82) is 0 Å². The van der Waals surface area contributed by atoms with Crippen LogP contribution in [0.2, 0.25) is 0 Å². The van der Waals surface area contributed by atoms with Crippen LogP contribution in [-0.4, -0.2) is 46.5 Å². The molecular formula is C23H28N4O3S. The summed E-state index contributed by atoms with van der Waals surface area (Å²) in [5, 5.41) is 9.67. The lowest BCUT2D eigenvalue weighted by molar-refractivity contribution is 0.102. The topological polar surface area (TPSA) is 73.4 Å². The summed E-state index contributed by atoms with van der Waals surface area (Å²) in [6.45, 7) is 7.00. The predicted octanol–water partition coefficient (Wildman–Crippen LogP) is 4.39. The normalized spacial score (nSPS) is 18.9. The summed E-state index contributed by atoms with van der Waals surface area (Å²) in [4.78, 5) is 15.0. The van der Waals surface area contributed by atoms with E-state index in [1.54, 1.807) is 37.6 Å². The second-order valence-electron chi connectivity index (χ2n) is 8.24. The molecule has 4 rings (SSSR count). The number of ketones is 1. The van der Waals surface area contributed by atoms with Crippen molar-refractivity contribution in [2.45, 2.75) is 32.0 Å². The zero-order valence-corrected chi connectivity index (χ0v) is 19.0. The van der Waals surface area contributed by atoms with Gasteiger partial charge < -0.3 is 14.1 Å². The van der Waals surface area contributed by atoms with Crippen LogP contribution >= 0.6 is 11.8 Å². The third kappa shape index (κ3) is 5.12. The van der Waals surface area contributed by atoms with Crippen LogP contribution in [0.4, 0.5) is 5.95 Å². The molecule has 164 valence electrons. The summed E-state index contributed by atoms with van der Waals surface area (Å²) in [6.07, 6.45) is 2.89. The van der Waals surface area contributed by atoms with E-state index in [2.05, 4.69) is 33.5 Å². The van der Waals surface area contributed by atoms with Gasteiger partial charge in [0.15, 0.2) is 10.9 Å². The van der Waals surface area contributed by atoms with E-state index in [1.165, 1.54) is 18.2 Å². The molecule has 31 heavy (non-hydrogen) atoms. The average Bonchev–Trinajstić information content (AvgIpc) is 3.42. The number of nitrogens with zero attached hydrogens (tertiary/aromatic N) is 4. The van der Waals surface area contributed by atoms with Gasteiger partial charge in [0, 0.05) is 18.7 Å². The van der Waals surface area contributed by atoms with E-state index in [4.69, 9.17) is 9.15 Å². The van der Waals surface area contributed by atoms with Crippen LogP contribution < -0.4 is 9.64 Å². The van der Waals surface area contributed by atoms with Crippen molar-refractivity contribution in [2.75, 3.05) is 30.9 Å². The number of benzene rings is 1. The van der Waals surface area contributed by atoms with Gasteiger partial charge in [0.25, 0.3) is 0 Å². The Morgan fingerprint density at radius 1 is 1.16 bits per heavy atom. The van der Waals surface area contributed by atoms with Gasteiger partial charge in [-0.15, -0.1) is 10.2 Å². The van der Waals surface area contributed by atoms with Crippen LogP contribution in [0.15, 0.2) is 52.2 Å². The van der Waals surface area contributed by atoms with Crippen molar-refractivity contribution in [3.8, 4) is 5.75 Å². The maximum atomic E-state index is 12.7. The van der Waals surface area contributed by atoms with Gasteiger partial charge in [0.05, 0.1) is 25.7 Å². The second kappa shape index (κ2) is 9.60. The minimum absolute atomic E-state index is 0.0435. The van der Waals surface area contributed by atoms with Crippen molar-refractivity contribution in [3.63, 3.8) is 0 Å². The fourth-order valence-electron chi connectivity index (χ4n) is 4.14. The largest absolute Gasteiger partial charge is 0.497 e. The Morgan fingerprint density at radius 3 is 2.55 bits per heavy atom. The van der Waals surface area contributed by atoms with Crippen LogP contribution in [0, 0.1) is 11.8 Å². The first kappa shape index (κ1) is 21.5. The molecule has 0 unspecified atom stereocenters. The first-order valence-corrected chi connectivity index (χ1v) is 11.5. The smallest absolute Gasteiger partial charge is 0.228 e. The molecule has 7 nitrogen and oxygen atoms in total. The summed E-state index contributed by atoms with van der Waals surface area (Å²) in [5.74, 6) is 3.95. The minimum Gasteiger partial charge on any atom is -0.497 e. The van der Waals surface area contributed by atoms with Gasteiger partial charge >= 0.3 is 0 Å². The summed E-state index contributed by atoms with van der Waals surface area (Å²) in [5.41, 5.74) is 0.657. The highest BCUT2D eigenvalue weighted by Gasteiger charge is 2.27. The highest BCUT2D eigenvalue weighted by atomic mass is 32.2. The van der Waals surface area contributed by atoms with Crippen molar-refractivity contribution < 1.29 is 13.9 Å². The first-order valence-electron chi connectivity index (χ1n) is 10.5. The molecule has 1 aromatic carbocycles. The molecule has 3 heterocycles. The molecule has 1 fully saturated rings. The lowest BCUT2D eigenvalue weighted by Crippen LogP contribution is -2.40. The molecule has 0 saturated carbocycles. The summed E-state index contributed by atoms with van der Waals surface area (Å²) < 4.78 is 12.8. The lowest BCUT2D eigenvalue weighted by Gasteiger charge is -2.35. The Bertz CT molecular complexity index is 991. The van der Waals surface area contributed by atoms with E-state index in [9.17, 15) is 4.79 Å². The van der Waals surface area contributed by atoms with Gasteiger partial charge in [-0.2, -0.15) is 0 Å². The Labute approximate surface area is 186 Å². The summed E-state index contributed by atoms with van der Waals surface area (Å²) in [6, 6.07) is 11.0. The highest BCUT2D eigenvalue weighted by Crippen LogP contribution is 2.29. The predicted molar refractivity (Wildman–Crippen MR) is 121 cm³/mol. The molecule has 0 aliphatic carbocycles. The second-order valence-corrected chi connectivity index (χ2v) is 9.18. The number of Topliss-reactive ketones (excluding diaryl/α,β-unsaturated/α-hetero) is 1. The van der Waals surface area contributed by atoms with E-state index >= 15 is 0 Å².